The Balaban J connectivity index is 1.13. The fraction of sp³-hybridized carbons (Fsp3) is 0. The predicted molar refractivity (Wildman–Crippen MR) is 257 cm³/mol. The molecular weight excluding hydrogens is 755 g/mol. The minimum Gasteiger partial charge on any atom is -0.309 e. The minimum absolute atomic E-state index is 0.634. The van der Waals surface area contributed by atoms with E-state index in [1.165, 1.54) is 59.8 Å². The molecule has 3 heterocycles. The van der Waals surface area contributed by atoms with Crippen molar-refractivity contribution >= 4 is 75.9 Å². The molecule has 0 N–H and O–H groups in total. The van der Waals surface area contributed by atoms with Crippen LogP contribution in [0.15, 0.2) is 212 Å². The van der Waals surface area contributed by atoms with Crippen LogP contribution in [0.3, 0.4) is 0 Å². The third kappa shape index (κ3) is 5.12. The lowest BCUT2D eigenvalue weighted by Crippen LogP contribution is -2.01. The first-order valence-corrected chi connectivity index (χ1v) is 21.0. The standard InChI is InChI=1S/C57H35N5/c1-3-18-37(19-4-1)55-58-56(38-20-5-2-6-21-38)60-57(59-55)46-29-15-28-43-42(46)27-16-32-48(43)61-50-31-14-12-26-47(50)52-51(61)35-39-22-8-10-24-41(39)54(52)62-49-30-13-11-25-44(49)45-34-33-36-17-7-9-23-40(36)53(45)62/h1-35H. The van der Waals surface area contributed by atoms with Crippen LogP contribution in [-0.2, 0) is 0 Å². The summed E-state index contributed by atoms with van der Waals surface area (Å²) in [4.78, 5) is 15.3. The average Bonchev–Trinajstić information content (AvgIpc) is 3.86. The topological polar surface area (TPSA) is 48.5 Å². The Labute approximate surface area is 356 Å². The van der Waals surface area contributed by atoms with Gasteiger partial charge < -0.3 is 9.13 Å². The van der Waals surface area contributed by atoms with Crippen LogP contribution in [0.2, 0.25) is 0 Å². The highest BCUT2D eigenvalue weighted by molar-refractivity contribution is 6.25. The summed E-state index contributed by atoms with van der Waals surface area (Å²) < 4.78 is 5.02. The maximum atomic E-state index is 5.16. The van der Waals surface area contributed by atoms with E-state index in [0.717, 1.165) is 44.2 Å². The Morgan fingerprint density at radius 2 is 0.855 bits per heavy atom. The largest absolute Gasteiger partial charge is 0.309 e. The average molecular weight is 790 g/mol. The number of fused-ring (bicyclic) bond motifs is 10. The summed E-state index contributed by atoms with van der Waals surface area (Å²) in [5, 5.41) is 11.9. The van der Waals surface area contributed by atoms with E-state index in [4.69, 9.17) is 15.0 Å². The van der Waals surface area contributed by atoms with E-state index in [1.54, 1.807) is 0 Å². The maximum Gasteiger partial charge on any atom is 0.164 e. The zero-order chi connectivity index (χ0) is 40.7. The minimum atomic E-state index is 0.634. The quantitative estimate of drug-likeness (QED) is 0.174. The van der Waals surface area contributed by atoms with Gasteiger partial charge in [-0.3, -0.25) is 0 Å². The number of hydrogen-bond donors (Lipinski definition) is 0. The Kier molecular flexibility index (Phi) is 7.54. The molecule has 0 aliphatic rings. The molecule has 0 amide bonds. The first-order chi connectivity index (χ1) is 30.8. The van der Waals surface area contributed by atoms with E-state index >= 15 is 0 Å². The van der Waals surface area contributed by atoms with Crippen LogP contribution in [0.25, 0.3) is 121 Å². The summed E-state index contributed by atoms with van der Waals surface area (Å²) in [5.41, 5.74) is 9.79. The smallest absolute Gasteiger partial charge is 0.164 e. The molecule has 62 heavy (non-hydrogen) atoms. The fourth-order valence-corrected chi connectivity index (χ4v) is 9.83. The van der Waals surface area contributed by atoms with Crippen LogP contribution < -0.4 is 0 Å². The van der Waals surface area contributed by atoms with Gasteiger partial charge in [0.15, 0.2) is 17.5 Å². The molecule has 0 saturated carbocycles. The Morgan fingerprint density at radius 1 is 0.306 bits per heavy atom. The molecule has 13 aromatic rings. The highest BCUT2D eigenvalue weighted by Crippen LogP contribution is 2.46. The first kappa shape index (κ1) is 34.5. The van der Waals surface area contributed by atoms with Crippen molar-refractivity contribution in [1.82, 2.24) is 24.1 Å². The molecule has 3 aromatic heterocycles. The zero-order valence-corrected chi connectivity index (χ0v) is 33.4. The van der Waals surface area contributed by atoms with E-state index < -0.39 is 0 Å². The summed E-state index contributed by atoms with van der Waals surface area (Å²) in [7, 11) is 0. The summed E-state index contributed by atoms with van der Waals surface area (Å²) in [6.07, 6.45) is 0. The predicted octanol–water partition coefficient (Wildman–Crippen LogP) is 14.5. The second-order valence-corrected chi connectivity index (χ2v) is 15.9. The van der Waals surface area contributed by atoms with Crippen LogP contribution >= 0.6 is 0 Å². The number of benzene rings is 10. The van der Waals surface area contributed by atoms with Gasteiger partial charge in [0.1, 0.15) is 0 Å². The highest BCUT2D eigenvalue weighted by atomic mass is 15.0. The van der Waals surface area contributed by atoms with Gasteiger partial charge >= 0.3 is 0 Å². The van der Waals surface area contributed by atoms with Gasteiger partial charge in [-0.25, -0.2) is 15.0 Å². The number of aromatic nitrogens is 5. The number of nitrogens with zero attached hydrogens (tertiary/aromatic N) is 5. The fourth-order valence-electron chi connectivity index (χ4n) is 9.83. The molecule has 288 valence electrons. The van der Waals surface area contributed by atoms with Gasteiger partial charge in [0, 0.05) is 54.4 Å². The molecule has 0 bridgehead atoms. The van der Waals surface area contributed by atoms with Gasteiger partial charge in [0.25, 0.3) is 0 Å². The maximum absolute atomic E-state index is 5.16. The number of rotatable bonds is 5. The van der Waals surface area contributed by atoms with Crippen LogP contribution in [0.4, 0.5) is 0 Å². The Morgan fingerprint density at radius 3 is 1.60 bits per heavy atom. The Bertz CT molecular complexity index is 3860. The third-order valence-electron chi connectivity index (χ3n) is 12.5. The molecule has 10 aromatic carbocycles. The van der Waals surface area contributed by atoms with Crippen molar-refractivity contribution in [2.75, 3.05) is 0 Å². The summed E-state index contributed by atoms with van der Waals surface area (Å²) >= 11 is 0. The van der Waals surface area contributed by atoms with E-state index in [0.29, 0.717) is 17.5 Å². The summed E-state index contributed by atoms with van der Waals surface area (Å²) in [6, 6.07) is 75.7. The molecule has 0 unspecified atom stereocenters. The molecule has 5 nitrogen and oxygen atoms in total. The molecule has 0 saturated heterocycles. The van der Waals surface area contributed by atoms with E-state index in [1.807, 2.05) is 36.4 Å². The number of para-hydroxylation sites is 2. The van der Waals surface area contributed by atoms with Gasteiger partial charge in [0.05, 0.1) is 33.4 Å². The monoisotopic (exact) mass is 789 g/mol. The van der Waals surface area contributed by atoms with Crippen molar-refractivity contribution in [3.63, 3.8) is 0 Å². The van der Waals surface area contributed by atoms with Crippen molar-refractivity contribution in [2.24, 2.45) is 0 Å². The lowest BCUT2D eigenvalue weighted by molar-refractivity contribution is 1.08. The first-order valence-electron chi connectivity index (χ1n) is 21.0. The highest BCUT2D eigenvalue weighted by Gasteiger charge is 2.24. The van der Waals surface area contributed by atoms with Crippen LogP contribution in [0.5, 0.6) is 0 Å². The molecule has 0 fully saturated rings. The van der Waals surface area contributed by atoms with E-state index in [-0.39, 0.29) is 0 Å². The second-order valence-electron chi connectivity index (χ2n) is 15.9. The Hall–Kier alpha value is -8.41. The van der Waals surface area contributed by atoms with Crippen molar-refractivity contribution < 1.29 is 0 Å². The molecule has 0 aliphatic carbocycles. The van der Waals surface area contributed by atoms with E-state index in [9.17, 15) is 0 Å². The van der Waals surface area contributed by atoms with Crippen LogP contribution in [0.1, 0.15) is 0 Å². The number of hydrogen-bond acceptors (Lipinski definition) is 3. The zero-order valence-electron chi connectivity index (χ0n) is 33.4. The van der Waals surface area contributed by atoms with Gasteiger partial charge in [0.2, 0.25) is 0 Å². The summed E-state index contributed by atoms with van der Waals surface area (Å²) in [6.45, 7) is 0. The molecule has 5 heteroatoms. The van der Waals surface area contributed by atoms with Crippen molar-refractivity contribution in [3.05, 3.63) is 212 Å². The molecular formula is C57H35N5. The lowest BCUT2D eigenvalue weighted by Gasteiger charge is -2.17. The molecule has 0 aliphatic heterocycles. The normalized spacial score (nSPS) is 11.9. The van der Waals surface area contributed by atoms with Crippen molar-refractivity contribution in [1.29, 1.82) is 0 Å². The van der Waals surface area contributed by atoms with Gasteiger partial charge in [-0.2, -0.15) is 0 Å². The SMILES string of the molecule is c1ccc(-c2nc(-c3ccccc3)nc(-c3cccc4c(-n5c6ccccc6c6c(-n7c8ccccc8c8ccc9ccccc9c87)c7ccccc7cc65)cccc34)n2)cc1. The summed E-state index contributed by atoms with van der Waals surface area (Å²) in [5.74, 6) is 1.92. The van der Waals surface area contributed by atoms with Gasteiger partial charge in [-0.05, 0) is 40.4 Å². The van der Waals surface area contributed by atoms with Gasteiger partial charge in [-0.15, -0.1) is 0 Å². The molecule has 0 radical (unpaired) electrons. The molecule has 0 spiro atoms. The lowest BCUT2D eigenvalue weighted by atomic mass is 10.0. The van der Waals surface area contributed by atoms with Crippen LogP contribution in [0, 0.1) is 0 Å². The van der Waals surface area contributed by atoms with Crippen molar-refractivity contribution in [2.45, 2.75) is 0 Å². The second kappa shape index (κ2) is 13.6. The molecule has 13 rings (SSSR count). The van der Waals surface area contributed by atoms with E-state index in [2.05, 4.69) is 185 Å². The van der Waals surface area contributed by atoms with Crippen molar-refractivity contribution in [3.8, 4) is 45.5 Å². The third-order valence-corrected chi connectivity index (χ3v) is 12.5. The van der Waals surface area contributed by atoms with Crippen LogP contribution in [-0.4, -0.2) is 24.1 Å². The van der Waals surface area contributed by atoms with Gasteiger partial charge in [-0.1, -0.05) is 188 Å². The molecule has 0 atom stereocenters.